The van der Waals surface area contributed by atoms with Gasteiger partial charge in [0.25, 0.3) is 0 Å². The Kier molecular flexibility index (Phi) is 5.00. The number of hydrogen-bond acceptors (Lipinski definition) is 2. The summed E-state index contributed by atoms with van der Waals surface area (Å²) >= 11 is 0. The SMILES string of the molecule is CC1CCC(CNCC(C)(O)c2ccccc2)CC1. The van der Waals surface area contributed by atoms with Crippen LogP contribution >= 0.6 is 0 Å². The van der Waals surface area contributed by atoms with Crippen LogP contribution in [0.3, 0.4) is 0 Å². The van der Waals surface area contributed by atoms with Crippen LogP contribution in [0.25, 0.3) is 0 Å². The monoisotopic (exact) mass is 261 g/mol. The van der Waals surface area contributed by atoms with Crippen LogP contribution in [0.2, 0.25) is 0 Å². The molecule has 1 aliphatic rings. The van der Waals surface area contributed by atoms with Gasteiger partial charge in [0.05, 0.1) is 5.60 Å². The molecule has 0 aromatic heterocycles. The molecule has 1 fully saturated rings. The molecule has 19 heavy (non-hydrogen) atoms. The molecule has 0 saturated heterocycles. The maximum absolute atomic E-state index is 10.5. The molecule has 2 heteroatoms. The highest BCUT2D eigenvalue weighted by molar-refractivity contribution is 5.21. The molecule has 2 N–H and O–H groups in total. The molecule has 1 saturated carbocycles. The lowest BCUT2D eigenvalue weighted by Gasteiger charge is -2.29. The second kappa shape index (κ2) is 6.53. The Labute approximate surface area is 117 Å². The number of rotatable bonds is 5. The highest BCUT2D eigenvalue weighted by Gasteiger charge is 2.23. The van der Waals surface area contributed by atoms with Gasteiger partial charge in [-0.3, -0.25) is 0 Å². The van der Waals surface area contributed by atoms with Gasteiger partial charge in [0.2, 0.25) is 0 Å². The summed E-state index contributed by atoms with van der Waals surface area (Å²) in [5, 5.41) is 14.0. The molecule has 0 amide bonds. The average Bonchev–Trinajstić information content (AvgIpc) is 2.42. The fourth-order valence-corrected chi connectivity index (χ4v) is 2.95. The van der Waals surface area contributed by atoms with Crippen LogP contribution in [0, 0.1) is 11.8 Å². The fraction of sp³-hybridized carbons (Fsp3) is 0.647. The van der Waals surface area contributed by atoms with E-state index in [4.69, 9.17) is 0 Å². The summed E-state index contributed by atoms with van der Waals surface area (Å²) in [5.41, 5.74) is 0.211. The van der Waals surface area contributed by atoms with Crippen molar-refractivity contribution in [1.82, 2.24) is 5.32 Å². The first-order valence-electron chi connectivity index (χ1n) is 7.56. The molecule has 0 spiro atoms. The molecule has 2 nitrogen and oxygen atoms in total. The van der Waals surface area contributed by atoms with Crippen molar-refractivity contribution in [3.8, 4) is 0 Å². The van der Waals surface area contributed by atoms with E-state index >= 15 is 0 Å². The molecule has 1 atom stereocenters. The van der Waals surface area contributed by atoms with Crippen molar-refractivity contribution in [2.24, 2.45) is 11.8 Å². The minimum Gasteiger partial charge on any atom is -0.384 e. The van der Waals surface area contributed by atoms with Crippen molar-refractivity contribution in [2.45, 2.75) is 45.1 Å². The summed E-state index contributed by atoms with van der Waals surface area (Å²) in [7, 11) is 0. The third-order valence-corrected chi connectivity index (χ3v) is 4.43. The van der Waals surface area contributed by atoms with Crippen molar-refractivity contribution in [2.75, 3.05) is 13.1 Å². The molecule has 0 radical (unpaired) electrons. The standard InChI is InChI=1S/C17H27NO/c1-14-8-10-15(11-9-14)12-18-13-17(2,19)16-6-4-3-5-7-16/h3-7,14-15,18-19H,8-13H2,1-2H3. The van der Waals surface area contributed by atoms with Crippen LogP contribution in [-0.4, -0.2) is 18.2 Å². The van der Waals surface area contributed by atoms with Crippen molar-refractivity contribution in [3.63, 3.8) is 0 Å². The second-order valence-corrected chi connectivity index (χ2v) is 6.40. The van der Waals surface area contributed by atoms with Crippen LogP contribution in [0.4, 0.5) is 0 Å². The van der Waals surface area contributed by atoms with E-state index in [1.807, 2.05) is 37.3 Å². The molecule has 1 unspecified atom stereocenters. The lowest BCUT2D eigenvalue weighted by Crippen LogP contribution is -2.38. The van der Waals surface area contributed by atoms with E-state index < -0.39 is 5.60 Å². The van der Waals surface area contributed by atoms with E-state index in [0.29, 0.717) is 6.54 Å². The van der Waals surface area contributed by atoms with Crippen molar-refractivity contribution >= 4 is 0 Å². The maximum Gasteiger partial charge on any atom is 0.0992 e. The molecule has 1 aromatic rings. The Morgan fingerprint density at radius 1 is 1.16 bits per heavy atom. The third kappa shape index (κ3) is 4.32. The predicted molar refractivity (Wildman–Crippen MR) is 80.0 cm³/mol. The molecule has 1 aliphatic carbocycles. The Balaban J connectivity index is 1.76. The highest BCUT2D eigenvalue weighted by atomic mass is 16.3. The van der Waals surface area contributed by atoms with E-state index in [9.17, 15) is 5.11 Å². The van der Waals surface area contributed by atoms with Crippen molar-refractivity contribution in [1.29, 1.82) is 0 Å². The zero-order valence-electron chi connectivity index (χ0n) is 12.2. The Bertz CT molecular complexity index is 366. The Hall–Kier alpha value is -0.860. The van der Waals surface area contributed by atoms with Gasteiger partial charge in [-0.25, -0.2) is 0 Å². The number of aliphatic hydroxyl groups is 1. The van der Waals surface area contributed by atoms with Gasteiger partial charge in [-0.1, -0.05) is 50.1 Å². The summed E-state index contributed by atoms with van der Waals surface area (Å²) < 4.78 is 0. The zero-order chi connectivity index (χ0) is 13.7. The summed E-state index contributed by atoms with van der Waals surface area (Å²) in [4.78, 5) is 0. The predicted octanol–water partition coefficient (Wildman–Crippen LogP) is 3.31. The number of hydrogen-bond donors (Lipinski definition) is 2. The van der Waals surface area contributed by atoms with Crippen LogP contribution in [0.15, 0.2) is 30.3 Å². The van der Waals surface area contributed by atoms with Gasteiger partial charge in [0, 0.05) is 6.54 Å². The Morgan fingerprint density at radius 2 is 1.79 bits per heavy atom. The molecule has 2 rings (SSSR count). The minimum absolute atomic E-state index is 0.628. The first-order valence-corrected chi connectivity index (χ1v) is 7.56. The Morgan fingerprint density at radius 3 is 2.42 bits per heavy atom. The van der Waals surface area contributed by atoms with E-state index in [-0.39, 0.29) is 0 Å². The first kappa shape index (κ1) is 14.5. The summed E-state index contributed by atoms with van der Waals surface area (Å²) in [5.74, 6) is 1.70. The summed E-state index contributed by atoms with van der Waals surface area (Å²) in [6.07, 6.45) is 5.39. The minimum atomic E-state index is -0.775. The molecular formula is C17H27NO. The van der Waals surface area contributed by atoms with Gasteiger partial charge < -0.3 is 10.4 Å². The largest absolute Gasteiger partial charge is 0.384 e. The van der Waals surface area contributed by atoms with Crippen molar-refractivity contribution in [3.05, 3.63) is 35.9 Å². The van der Waals surface area contributed by atoms with Crippen molar-refractivity contribution < 1.29 is 5.11 Å². The van der Waals surface area contributed by atoms with Crippen LogP contribution in [0.1, 0.15) is 45.1 Å². The molecule has 0 bridgehead atoms. The van der Waals surface area contributed by atoms with Crippen LogP contribution in [-0.2, 0) is 5.60 Å². The fourth-order valence-electron chi connectivity index (χ4n) is 2.95. The van der Waals surface area contributed by atoms with Gasteiger partial charge >= 0.3 is 0 Å². The van der Waals surface area contributed by atoms with E-state index in [1.54, 1.807) is 0 Å². The molecule has 106 valence electrons. The van der Waals surface area contributed by atoms with E-state index in [2.05, 4.69) is 12.2 Å². The lowest BCUT2D eigenvalue weighted by atomic mass is 9.83. The topological polar surface area (TPSA) is 32.3 Å². The average molecular weight is 261 g/mol. The van der Waals surface area contributed by atoms with E-state index in [0.717, 1.165) is 23.9 Å². The number of benzene rings is 1. The molecule has 1 aromatic carbocycles. The summed E-state index contributed by atoms with van der Waals surface area (Å²) in [6.45, 7) is 5.90. The second-order valence-electron chi connectivity index (χ2n) is 6.40. The van der Waals surface area contributed by atoms with Gasteiger partial charge in [-0.05, 0) is 43.7 Å². The molecular weight excluding hydrogens is 234 g/mol. The van der Waals surface area contributed by atoms with Gasteiger partial charge in [-0.2, -0.15) is 0 Å². The smallest absolute Gasteiger partial charge is 0.0992 e. The zero-order valence-corrected chi connectivity index (χ0v) is 12.2. The van der Waals surface area contributed by atoms with Crippen LogP contribution < -0.4 is 5.32 Å². The maximum atomic E-state index is 10.5. The molecule has 0 aliphatic heterocycles. The first-order chi connectivity index (χ1) is 9.08. The summed E-state index contributed by atoms with van der Waals surface area (Å²) in [6, 6.07) is 9.92. The third-order valence-electron chi connectivity index (χ3n) is 4.43. The van der Waals surface area contributed by atoms with Gasteiger partial charge in [-0.15, -0.1) is 0 Å². The van der Waals surface area contributed by atoms with Gasteiger partial charge in [0.1, 0.15) is 0 Å². The molecule has 0 heterocycles. The van der Waals surface area contributed by atoms with Crippen LogP contribution in [0.5, 0.6) is 0 Å². The highest BCUT2D eigenvalue weighted by Crippen LogP contribution is 2.28. The van der Waals surface area contributed by atoms with E-state index in [1.165, 1.54) is 25.7 Å². The quantitative estimate of drug-likeness (QED) is 0.852. The lowest BCUT2D eigenvalue weighted by molar-refractivity contribution is 0.0552. The number of nitrogens with one attached hydrogen (secondary N) is 1. The normalized spacial score (nSPS) is 26.9. The van der Waals surface area contributed by atoms with Gasteiger partial charge in [0.15, 0.2) is 0 Å².